The molecular weight excluding hydrogens is 338 g/mol. The first-order valence-corrected chi connectivity index (χ1v) is 11.0. The van der Waals surface area contributed by atoms with Gasteiger partial charge in [-0.1, -0.05) is 32.9 Å². The molecule has 0 aromatic heterocycles. The number of fused-ring (bicyclic) bond motifs is 1. The number of carbonyl (C=O) groups excluding carboxylic acids is 1. The summed E-state index contributed by atoms with van der Waals surface area (Å²) in [6.45, 7) is 11.9. The Morgan fingerprint density at radius 1 is 1.22 bits per heavy atom. The number of carbonyl (C=O) groups is 1. The highest BCUT2D eigenvalue weighted by molar-refractivity contribution is 5.75. The average molecular weight is 378 g/mol. The second-order valence-electron chi connectivity index (χ2n) is 9.95. The van der Waals surface area contributed by atoms with E-state index in [1.807, 2.05) is 6.92 Å². The molecule has 3 N–H and O–H groups in total. The van der Waals surface area contributed by atoms with E-state index in [2.05, 4.69) is 25.7 Å². The Kier molecular flexibility index (Phi) is 6.08. The van der Waals surface area contributed by atoms with E-state index in [0.717, 1.165) is 38.6 Å². The SMILES string of the molecule is C=C1CCC2C(CNC(=O)CC)C(C3(C)CCC(O)CC3CO)CCC12C. The fraction of sp³-hybridized carbons (Fsp3) is 0.870. The van der Waals surface area contributed by atoms with Crippen LogP contribution in [0, 0.1) is 34.5 Å². The molecule has 3 aliphatic carbocycles. The lowest BCUT2D eigenvalue weighted by molar-refractivity contribution is -0.123. The zero-order chi connectivity index (χ0) is 19.8. The van der Waals surface area contributed by atoms with Crippen molar-refractivity contribution in [2.45, 2.75) is 78.2 Å². The van der Waals surface area contributed by atoms with Crippen LogP contribution in [0.15, 0.2) is 12.2 Å². The minimum atomic E-state index is -0.284. The second kappa shape index (κ2) is 7.87. The van der Waals surface area contributed by atoms with Gasteiger partial charge in [-0.25, -0.2) is 0 Å². The first kappa shape index (κ1) is 20.9. The van der Waals surface area contributed by atoms with Gasteiger partial charge in [0.15, 0.2) is 0 Å². The van der Waals surface area contributed by atoms with Gasteiger partial charge >= 0.3 is 0 Å². The largest absolute Gasteiger partial charge is 0.396 e. The molecule has 0 aromatic rings. The van der Waals surface area contributed by atoms with Crippen LogP contribution < -0.4 is 5.32 Å². The van der Waals surface area contributed by atoms with Crippen LogP contribution in [-0.2, 0) is 4.79 Å². The zero-order valence-corrected chi connectivity index (χ0v) is 17.5. The quantitative estimate of drug-likeness (QED) is 0.640. The second-order valence-corrected chi connectivity index (χ2v) is 9.95. The van der Waals surface area contributed by atoms with E-state index in [0.29, 0.717) is 30.6 Å². The topological polar surface area (TPSA) is 69.6 Å². The minimum Gasteiger partial charge on any atom is -0.396 e. The third-order valence-corrected chi connectivity index (χ3v) is 8.82. The fourth-order valence-corrected chi connectivity index (χ4v) is 6.82. The molecule has 7 unspecified atom stereocenters. The molecule has 154 valence electrons. The Hall–Kier alpha value is -0.870. The van der Waals surface area contributed by atoms with Gasteiger partial charge in [-0.3, -0.25) is 4.79 Å². The highest BCUT2D eigenvalue weighted by Crippen LogP contribution is 2.63. The van der Waals surface area contributed by atoms with Crippen LogP contribution in [-0.4, -0.2) is 35.4 Å². The number of hydrogen-bond acceptors (Lipinski definition) is 3. The van der Waals surface area contributed by atoms with Crippen molar-refractivity contribution in [1.82, 2.24) is 5.32 Å². The van der Waals surface area contributed by atoms with E-state index in [1.54, 1.807) is 0 Å². The van der Waals surface area contributed by atoms with Gasteiger partial charge in [0.2, 0.25) is 5.91 Å². The molecule has 3 aliphatic rings. The van der Waals surface area contributed by atoms with Crippen molar-refractivity contribution in [1.29, 1.82) is 0 Å². The van der Waals surface area contributed by atoms with Gasteiger partial charge in [-0.15, -0.1) is 0 Å². The van der Waals surface area contributed by atoms with E-state index in [4.69, 9.17) is 0 Å². The molecule has 3 saturated carbocycles. The summed E-state index contributed by atoms with van der Waals surface area (Å²) in [7, 11) is 0. The molecular formula is C23H39NO3. The summed E-state index contributed by atoms with van der Waals surface area (Å²) >= 11 is 0. The number of amides is 1. The normalized spacial score (nSPS) is 44.8. The molecule has 7 atom stereocenters. The Morgan fingerprint density at radius 3 is 2.63 bits per heavy atom. The Morgan fingerprint density at radius 2 is 1.96 bits per heavy atom. The molecule has 0 spiro atoms. The van der Waals surface area contributed by atoms with Crippen LogP contribution in [0.3, 0.4) is 0 Å². The lowest BCUT2D eigenvalue weighted by Gasteiger charge is -2.56. The van der Waals surface area contributed by atoms with Gasteiger partial charge < -0.3 is 15.5 Å². The monoisotopic (exact) mass is 377 g/mol. The molecule has 3 rings (SSSR count). The fourth-order valence-electron chi connectivity index (χ4n) is 6.82. The number of hydrogen-bond donors (Lipinski definition) is 3. The zero-order valence-electron chi connectivity index (χ0n) is 17.5. The molecule has 0 aromatic carbocycles. The third kappa shape index (κ3) is 3.60. The summed E-state index contributed by atoms with van der Waals surface area (Å²) in [6, 6.07) is 0. The van der Waals surface area contributed by atoms with Crippen molar-refractivity contribution in [2.75, 3.05) is 13.2 Å². The van der Waals surface area contributed by atoms with Crippen molar-refractivity contribution in [3.05, 3.63) is 12.2 Å². The van der Waals surface area contributed by atoms with E-state index < -0.39 is 0 Å². The third-order valence-electron chi connectivity index (χ3n) is 8.82. The standard InChI is InChI=1S/C23H39NO3/c1-5-21(27)24-13-18-19-7-6-15(2)22(19,3)11-9-20(18)23(4)10-8-17(26)12-16(23)14-25/h16-20,25-26H,2,5-14H2,1,3-4H3,(H,24,27). The summed E-state index contributed by atoms with van der Waals surface area (Å²) in [5.74, 6) is 1.73. The molecule has 0 radical (unpaired) electrons. The maximum atomic E-state index is 12.0. The Labute approximate surface area is 164 Å². The van der Waals surface area contributed by atoms with Gasteiger partial charge in [0.05, 0.1) is 6.10 Å². The van der Waals surface area contributed by atoms with E-state index in [9.17, 15) is 15.0 Å². The van der Waals surface area contributed by atoms with Gasteiger partial charge in [-0.2, -0.15) is 0 Å². The van der Waals surface area contributed by atoms with Crippen LogP contribution in [0.25, 0.3) is 0 Å². The van der Waals surface area contributed by atoms with Gasteiger partial charge in [-0.05, 0) is 79.4 Å². The van der Waals surface area contributed by atoms with Crippen LogP contribution >= 0.6 is 0 Å². The molecule has 3 fully saturated rings. The molecule has 0 aliphatic heterocycles. The lowest BCUT2D eigenvalue weighted by atomic mass is 9.49. The minimum absolute atomic E-state index is 0.0286. The smallest absolute Gasteiger partial charge is 0.219 e. The number of nitrogens with one attached hydrogen (secondary N) is 1. The average Bonchev–Trinajstić information content (AvgIpc) is 2.96. The highest BCUT2D eigenvalue weighted by atomic mass is 16.3. The van der Waals surface area contributed by atoms with Crippen molar-refractivity contribution in [3.8, 4) is 0 Å². The lowest BCUT2D eigenvalue weighted by Crippen LogP contribution is -2.53. The number of aliphatic hydroxyl groups is 2. The maximum absolute atomic E-state index is 12.0. The summed E-state index contributed by atoms with van der Waals surface area (Å²) in [5, 5.41) is 23.5. The summed E-state index contributed by atoms with van der Waals surface area (Å²) in [4.78, 5) is 12.0. The van der Waals surface area contributed by atoms with Crippen LogP contribution in [0.1, 0.15) is 72.1 Å². The maximum Gasteiger partial charge on any atom is 0.219 e. The van der Waals surface area contributed by atoms with E-state index >= 15 is 0 Å². The Balaban J connectivity index is 1.90. The molecule has 4 nitrogen and oxygen atoms in total. The van der Waals surface area contributed by atoms with Crippen molar-refractivity contribution >= 4 is 5.91 Å². The van der Waals surface area contributed by atoms with Crippen LogP contribution in [0.4, 0.5) is 0 Å². The highest BCUT2D eigenvalue weighted by Gasteiger charge is 2.56. The predicted molar refractivity (Wildman–Crippen MR) is 108 cm³/mol. The summed E-state index contributed by atoms with van der Waals surface area (Å²) < 4.78 is 0. The summed E-state index contributed by atoms with van der Waals surface area (Å²) in [6.07, 6.45) is 7.29. The molecule has 0 bridgehead atoms. The van der Waals surface area contributed by atoms with Crippen molar-refractivity contribution in [2.24, 2.45) is 34.5 Å². The summed E-state index contributed by atoms with van der Waals surface area (Å²) in [5.41, 5.74) is 1.61. The number of aliphatic hydroxyl groups excluding tert-OH is 2. The molecule has 4 heteroatoms. The van der Waals surface area contributed by atoms with Crippen LogP contribution in [0.5, 0.6) is 0 Å². The van der Waals surface area contributed by atoms with Gasteiger partial charge in [0.1, 0.15) is 0 Å². The van der Waals surface area contributed by atoms with Crippen molar-refractivity contribution < 1.29 is 15.0 Å². The van der Waals surface area contributed by atoms with Gasteiger partial charge in [0, 0.05) is 19.6 Å². The van der Waals surface area contributed by atoms with Crippen molar-refractivity contribution in [3.63, 3.8) is 0 Å². The van der Waals surface area contributed by atoms with E-state index in [-0.39, 0.29) is 35.4 Å². The molecule has 1 amide bonds. The first-order valence-electron chi connectivity index (χ1n) is 11.0. The molecule has 27 heavy (non-hydrogen) atoms. The molecule has 0 saturated heterocycles. The predicted octanol–water partition coefficient (Wildman–Crippen LogP) is 3.67. The number of rotatable bonds is 5. The van der Waals surface area contributed by atoms with E-state index in [1.165, 1.54) is 12.0 Å². The Bertz CT molecular complexity index is 576. The molecule has 0 heterocycles. The number of allylic oxidation sites excluding steroid dienone is 1. The van der Waals surface area contributed by atoms with Gasteiger partial charge in [0.25, 0.3) is 0 Å². The first-order chi connectivity index (χ1) is 12.8. The van der Waals surface area contributed by atoms with Crippen LogP contribution in [0.2, 0.25) is 0 Å².